The zero-order chi connectivity index (χ0) is 17.5. The molecule has 1 amide bonds. The number of rotatable bonds is 6. The highest BCUT2D eigenvalue weighted by atomic mass is 32.1. The highest BCUT2D eigenvalue weighted by Crippen LogP contribution is 2.18. The van der Waals surface area contributed by atoms with Crippen LogP contribution in [0.5, 0.6) is 0 Å². The first kappa shape index (κ1) is 19.4. The molecule has 0 aliphatic carbocycles. The molecule has 0 bridgehead atoms. The minimum atomic E-state index is -0.557. The van der Waals surface area contributed by atoms with Crippen LogP contribution >= 0.6 is 12.6 Å². The number of carbonyl (C=O) groups is 2. The van der Waals surface area contributed by atoms with Gasteiger partial charge in [0, 0.05) is 11.4 Å². The SMILES string of the molecule is CCCCOC(=O)NCc1cc(C(=O)OC(C)(C)C)ccc1S. The van der Waals surface area contributed by atoms with Crippen LogP contribution in [-0.2, 0) is 16.0 Å². The average Bonchev–Trinajstić information content (AvgIpc) is 2.44. The summed E-state index contributed by atoms with van der Waals surface area (Å²) in [6.07, 6.45) is 1.32. The molecule has 0 spiro atoms. The van der Waals surface area contributed by atoms with E-state index in [1.54, 1.807) is 18.2 Å². The Morgan fingerprint density at radius 2 is 1.96 bits per heavy atom. The van der Waals surface area contributed by atoms with E-state index in [2.05, 4.69) is 17.9 Å². The summed E-state index contributed by atoms with van der Waals surface area (Å²) in [4.78, 5) is 24.3. The monoisotopic (exact) mass is 339 g/mol. The number of thiol groups is 1. The largest absolute Gasteiger partial charge is 0.456 e. The molecule has 0 fully saturated rings. The molecule has 128 valence electrons. The smallest absolute Gasteiger partial charge is 0.407 e. The van der Waals surface area contributed by atoms with Crippen molar-refractivity contribution in [3.05, 3.63) is 29.3 Å². The lowest BCUT2D eigenvalue weighted by molar-refractivity contribution is 0.00693. The second-order valence-electron chi connectivity index (χ2n) is 6.19. The molecule has 1 rings (SSSR count). The molecule has 0 atom stereocenters. The van der Waals surface area contributed by atoms with E-state index in [1.807, 2.05) is 27.7 Å². The molecule has 0 aliphatic rings. The number of unbranched alkanes of at least 4 members (excludes halogenated alkanes) is 1. The molecule has 5 nitrogen and oxygen atoms in total. The zero-order valence-corrected chi connectivity index (χ0v) is 15.0. The summed E-state index contributed by atoms with van der Waals surface area (Å²) in [6.45, 7) is 8.09. The topological polar surface area (TPSA) is 64.6 Å². The minimum Gasteiger partial charge on any atom is -0.456 e. The summed E-state index contributed by atoms with van der Waals surface area (Å²) >= 11 is 4.34. The molecule has 6 heteroatoms. The molecule has 1 N–H and O–H groups in total. The Balaban J connectivity index is 2.67. The second-order valence-corrected chi connectivity index (χ2v) is 6.67. The maximum Gasteiger partial charge on any atom is 0.407 e. The van der Waals surface area contributed by atoms with Crippen LogP contribution in [0, 0.1) is 0 Å². The van der Waals surface area contributed by atoms with Gasteiger partial charge in [-0.25, -0.2) is 9.59 Å². The number of alkyl carbamates (subject to hydrolysis) is 1. The third kappa shape index (κ3) is 7.41. The van der Waals surface area contributed by atoms with Crippen molar-refractivity contribution in [3.63, 3.8) is 0 Å². The molecule has 23 heavy (non-hydrogen) atoms. The number of amides is 1. The van der Waals surface area contributed by atoms with Gasteiger partial charge in [-0.15, -0.1) is 12.6 Å². The van der Waals surface area contributed by atoms with E-state index in [0.717, 1.165) is 18.4 Å². The van der Waals surface area contributed by atoms with E-state index >= 15 is 0 Å². The molecule has 0 aromatic heterocycles. The van der Waals surface area contributed by atoms with Crippen LogP contribution in [0.25, 0.3) is 0 Å². The van der Waals surface area contributed by atoms with E-state index < -0.39 is 17.7 Å². The minimum absolute atomic E-state index is 0.237. The molecule has 0 radical (unpaired) electrons. The van der Waals surface area contributed by atoms with E-state index in [1.165, 1.54) is 0 Å². The van der Waals surface area contributed by atoms with Gasteiger partial charge < -0.3 is 14.8 Å². The molecule has 1 aromatic carbocycles. The van der Waals surface area contributed by atoms with Crippen LogP contribution in [0.15, 0.2) is 23.1 Å². The van der Waals surface area contributed by atoms with Gasteiger partial charge in [0.15, 0.2) is 0 Å². The molecular weight excluding hydrogens is 314 g/mol. The number of hydrogen-bond donors (Lipinski definition) is 2. The molecule has 0 heterocycles. The molecule has 0 unspecified atom stereocenters. The van der Waals surface area contributed by atoms with Crippen LogP contribution in [-0.4, -0.2) is 24.3 Å². The van der Waals surface area contributed by atoms with Gasteiger partial charge in [0.2, 0.25) is 0 Å². The first-order chi connectivity index (χ1) is 10.7. The zero-order valence-electron chi connectivity index (χ0n) is 14.1. The predicted molar refractivity (Wildman–Crippen MR) is 92.0 cm³/mol. The fraction of sp³-hybridized carbons (Fsp3) is 0.529. The summed E-state index contributed by atoms with van der Waals surface area (Å²) in [7, 11) is 0. The normalized spacial score (nSPS) is 11.0. The van der Waals surface area contributed by atoms with Gasteiger partial charge >= 0.3 is 12.1 Å². The van der Waals surface area contributed by atoms with Crippen molar-refractivity contribution in [2.75, 3.05) is 6.61 Å². The van der Waals surface area contributed by atoms with Crippen LogP contribution in [0.2, 0.25) is 0 Å². The predicted octanol–water partition coefficient (Wildman–Crippen LogP) is 3.96. The number of hydrogen-bond acceptors (Lipinski definition) is 5. The van der Waals surface area contributed by atoms with Crippen molar-refractivity contribution >= 4 is 24.7 Å². The van der Waals surface area contributed by atoms with E-state index in [-0.39, 0.29) is 6.54 Å². The van der Waals surface area contributed by atoms with Crippen LogP contribution in [0.4, 0.5) is 4.79 Å². The first-order valence-electron chi connectivity index (χ1n) is 7.69. The van der Waals surface area contributed by atoms with Gasteiger partial charge in [-0.05, 0) is 51.0 Å². The summed E-state index contributed by atoms with van der Waals surface area (Å²) in [5.41, 5.74) is 0.594. The Hall–Kier alpha value is -1.69. The van der Waals surface area contributed by atoms with Crippen LogP contribution < -0.4 is 5.32 Å². The van der Waals surface area contributed by atoms with E-state index in [4.69, 9.17) is 9.47 Å². The van der Waals surface area contributed by atoms with Gasteiger partial charge in [-0.2, -0.15) is 0 Å². The molecular formula is C17H25NO4S. The van der Waals surface area contributed by atoms with Gasteiger partial charge in [0.25, 0.3) is 0 Å². The quantitative estimate of drug-likeness (QED) is 0.468. The fourth-order valence-corrected chi connectivity index (χ4v) is 1.94. The Morgan fingerprint density at radius 1 is 1.26 bits per heavy atom. The maximum absolute atomic E-state index is 12.1. The Kier molecular flexibility index (Phi) is 7.42. The Morgan fingerprint density at radius 3 is 2.57 bits per heavy atom. The molecule has 0 saturated carbocycles. The lowest BCUT2D eigenvalue weighted by atomic mass is 10.1. The van der Waals surface area contributed by atoms with Crippen molar-refractivity contribution in [2.24, 2.45) is 0 Å². The van der Waals surface area contributed by atoms with Crippen molar-refractivity contribution < 1.29 is 19.1 Å². The van der Waals surface area contributed by atoms with E-state index in [9.17, 15) is 9.59 Å². The lowest BCUT2D eigenvalue weighted by Gasteiger charge is -2.20. The second kappa shape index (κ2) is 8.82. The van der Waals surface area contributed by atoms with E-state index in [0.29, 0.717) is 17.1 Å². The Bertz CT molecular complexity index is 552. The molecule has 0 aliphatic heterocycles. The van der Waals surface area contributed by atoms with Gasteiger partial charge in [-0.3, -0.25) is 0 Å². The third-order valence-electron chi connectivity index (χ3n) is 2.87. The van der Waals surface area contributed by atoms with Gasteiger partial charge in [-0.1, -0.05) is 13.3 Å². The van der Waals surface area contributed by atoms with Crippen molar-refractivity contribution in [3.8, 4) is 0 Å². The highest BCUT2D eigenvalue weighted by molar-refractivity contribution is 7.80. The van der Waals surface area contributed by atoms with Crippen molar-refractivity contribution in [1.29, 1.82) is 0 Å². The van der Waals surface area contributed by atoms with Gasteiger partial charge in [0.05, 0.1) is 12.2 Å². The third-order valence-corrected chi connectivity index (χ3v) is 3.30. The average molecular weight is 339 g/mol. The number of carbonyl (C=O) groups excluding carboxylic acids is 2. The van der Waals surface area contributed by atoms with Crippen LogP contribution in [0.3, 0.4) is 0 Å². The summed E-state index contributed by atoms with van der Waals surface area (Å²) in [6, 6.07) is 5.03. The standard InChI is InChI=1S/C17H25NO4S/c1-5-6-9-21-16(20)18-11-13-10-12(7-8-14(13)23)15(19)22-17(2,3)4/h7-8,10,23H,5-6,9,11H2,1-4H3,(H,18,20). The number of ether oxygens (including phenoxy) is 2. The van der Waals surface area contributed by atoms with Crippen LogP contribution in [0.1, 0.15) is 56.5 Å². The van der Waals surface area contributed by atoms with Gasteiger partial charge in [0.1, 0.15) is 5.60 Å². The first-order valence-corrected chi connectivity index (χ1v) is 8.13. The Labute approximate surface area is 143 Å². The summed E-state index contributed by atoms with van der Waals surface area (Å²) in [5.74, 6) is -0.405. The van der Waals surface area contributed by atoms with Crippen molar-refractivity contribution in [2.45, 2.75) is 57.6 Å². The fourth-order valence-electron chi connectivity index (χ4n) is 1.72. The molecule has 1 aromatic rings. The highest BCUT2D eigenvalue weighted by Gasteiger charge is 2.18. The summed E-state index contributed by atoms with van der Waals surface area (Å²) < 4.78 is 10.4. The lowest BCUT2D eigenvalue weighted by Crippen LogP contribution is -2.25. The van der Waals surface area contributed by atoms with Crippen molar-refractivity contribution in [1.82, 2.24) is 5.32 Å². The molecule has 0 saturated heterocycles. The number of benzene rings is 1. The number of nitrogens with one attached hydrogen (secondary N) is 1. The maximum atomic E-state index is 12.1. The summed E-state index contributed by atoms with van der Waals surface area (Å²) in [5, 5.41) is 2.65. The number of esters is 1.